The first-order valence-electron chi connectivity index (χ1n) is 6.34. The molecule has 0 aromatic heterocycles. The molecule has 106 valence electrons. The molecule has 3 N–H and O–H groups in total. The fourth-order valence-corrected chi connectivity index (χ4v) is 1.87. The van der Waals surface area contributed by atoms with Crippen LogP contribution in [0, 0.1) is 5.82 Å². The van der Waals surface area contributed by atoms with Gasteiger partial charge >= 0.3 is 0 Å². The maximum absolute atomic E-state index is 13.7. The summed E-state index contributed by atoms with van der Waals surface area (Å²) in [5, 5.41) is 3.43. The van der Waals surface area contributed by atoms with Crippen LogP contribution < -0.4 is 15.8 Å². The van der Waals surface area contributed by atoms with E-state index < -0.39 is 0 Å². The molecule has 0 aliphatic heterocycles. The third-order valence-corrected chi connectivity index (χ3v) is 2.92. The Morgan fingerprint density at radius 3 is 2.80 bits per heavy atom. The number of nitrogens with two attached hydrogens (primary N) is 1. The monoisotopic (exact) mass is 294 g/mol. The van der Waals surface area contributed by atoms with Gasteiger partial charge in [-0.25, -0.2) is 4.39 Å². The number of benzene rings is 2. The first-order chi connectivity index (χ1) is 9.60. The van der Waals surface area contributed by atoms with E-state index >= 15 is 0 Å². The number of rotatable bonds is 5. The van der Waals surface area contributed by atoms with Crippen molar-refractivity contribution in [3.63, 3.8) is 0 Å². The Hall–Kier alpha value is -1.94. The van der Waals surface area contributed by atoms with Crippen LogP contribution in [0.5, 0.6) is 5.75 Å². The molecule has 0 bridgehead atoms. The predicted molar refractivity (Wildman–Crippen MR) is 81.3 cm³/mol. The van der Waals surface area contributed by atoms with Crippen LogP contribution in [0.2, 0.25) is 5.02 Å². The summed E-state index contributed by atoms with van der Waals surface area (Å²) in [6.45, 7) is 2.60. The molecule has 0 radical (unpaired) electrons. The smallest absolute Gasteiger partial charge is 0.146 e. The van der Waals surface area contributed by atoms with E-state index in [-0.39, 0.29) is 5.82 Å². The summed E-state index contributed by atoms with van der Waals surface area (Å²) in [7, 11) is 0. The molecule has 2 aromatic rings. The minimum absolute atomic E-state index is 0.309. The largest absolute Gasteiger partial charge is 0.491 e. The number of nitrogens with one attached hydrogen (secondary N) is 1. The second-order valence-electron chi connectivity index (χ2n) is 4.35. The standard InChI is InChI=1S/C15H16ClFN2O/c1-2-7-20-15-9-11(4-6-13(15)18)19-14-8-10(16)3-5-12(14)17/h3-6,8-9,19H,2,7,18H2,1H3. The highest BCUT2D eigenvalue weighted by atomic mass is 35.5. The van der Waals surface area contributed by atoms with Gasteiger partial charge in [0.25, 0.3) is 0 Å². The van der Waals surface area contributed by atoms with Crippen LogP contribution >= 0.6 is 11.6 Å². The fourth-order valence-electron chi connectivity index (χ4n) is 1.70. The molecule has 0 heterocycles. The lowest BCUT2D eigenvalue weighted by Gasteiger charge is -2.12. The molecular weight excluding hydrogens is 279 g/mol. The van der Waals surface area contributed by atoms with Crippen molar-refractivity contribution in [2.75, 3.05) is 17.7 Å². The first-order valence-corrected chi connectivity index (χ1v) is 6.72. The number of ether oxygens (including phenoxy) is 1. The molecule has 0 fully saturated rings. The van der Waals surface area contributed by atoms with Gasteiger partial charge in [-0.05, 0) is 36.8 Å². The van der Waals surface area contributed by atoms with Gasteiger partial charge in [-0.1, -0.05) is 18.5 Å². The van der Waals surface area contributed by atoms with Crippen molar-refractivity contribution in [2.24, 2.45) is 0 Å². The third kappa shape index (κ3) is 3.54. The highest BCUT2D eigenvalue weighted by molar-refractivity contribution is 6.30. The number of anilines is 3. The van der Waals surface area contributed by atoms with Gasteiger partial charge in [-0.3, -0.25) is 0 Å². The predicted octanol–water partition coefficient (Wildman–Crippen LogP) is 4.59. The molecule has 0 aliphatic carbocycles. The van der Waals surface area contributed by atoms with E-state index in [9.17, 15) is 4.39 Å². The summed E-state index contributed by atoms with van der Waals surface area (Å²) in [4.78, 5) is 0. The molecule has 0 saturated heterocycles. The van der Waals surface area contributed by atoms with Crippen molar-refractivity contribution < 1.29 is 9.13 Å². The Morgan fingerprint density at radius 1 is 1.25 bits per heavy atom. The molecule has 0 atom stereocenters. The van der Waals surface area contributed by atoms with Crippen LogP contribution in [0.15, 0.2) is 36.4 Å². The molecule has 20 heavy (non-hydrogen) atoms. The zero-order valence-corrected chi connectivity index (χ0v) is 11.9. The normalized spacial score (nSPS) is 10.3. The van der Waals surface area contributed by atoms with Crippen molar-refractivity contribution in [3.8, 4) is 5.75 Å². The molecule has 3 nitrogen and oxygen atoms in total. The van der Waals surface area contributed by atoms with E-state index in [4.69, 9.17) is 22.1 Å². The van der Waals surface area contributed by atoms with E-state index in [1.54, 1.807) is 18.2 Å². The molecule has 0 amide bonds. The zero-order valence-electron chi connectivity index (χ0n) is 11.1. The molecule has 0 saturated carbocycles. The number of hydrogen-bond donors (Lipinski definition) is 2. The second-order valence-corrected chi connectivity index (χ2v) is 4.79. The van der Waals surface area contributed by atoms with Gasteiger partial charge in [0, 0.05) is 16.8 Å². The summed E-state index contributed by atoms with van der Waals surface area (Å²) in [6, 6.07) is 9.56. The topological polar surface area (TPSA) is 47.3 Å². The number of nitrogen functional groups attached to an aromatic ring is 1. The lowest BCUT2D eigenvalue weighted by atomic mass is 10.2. The van der Waals surface area contributed by atoms with Crippen LogP contribution in [-0.4, -0.2) is 6.61 Å². The first kappa shape index (κ1) is 14.5. The van der Waals surface area contributed by atoms with Gasteiger partial charge in [0.1, 0.15) is 11.6 Å². The Bertz CT molecular complexity index is 604. The third-order valence-electron chi connectivity index (χ3n) is 2.68. The van der Waals surface area contributed by atoms with Gasteiger partial charge in [0.15, 0.2) is 0 Å². The quantitative estimate of drug-likeness (QED) is 0.793. The zero-order chi connectivity index (χ0) is 14.5. The van der Waals surface area contributed by atoms with Crippen LogP contribution in [0.3, 0.4) is 0 Å². The molecule has 0 unspecified atom stereocenters. The summed E-state index contributed by atoms with van der Waals surface area (Å²) in [6.07, 6.45) is 0.889. The summed E-state index contributed by atoms with van der Waals surface area (Å²) in [5.74, 6) is 0.210. The molecule has 0 aliphatic rings. The molecule has 5 heteroatoms. The van der Waals surface area contributed by atoms with Gasteiger partial charge in [0.2, 0.25) is 0 Å². The SMILES string of the molecule is CCCOc1cc(Nc2cc(Cl)ccc2F)ccc1N. The molecular formula is C15H16ClFN2O. The van der Waals surface area contributed by atoms with Gasteiger partial charge in [0.05, 0.1) is 18.0 Å². The van der Waals surface area contributed by atoms with Crippen molar-refractivity contribution >= 4 is 28.7 Å². The minimum Gasteiger partial charge on any atom is -0.491 e. The van der Waals surface area contributed by atoms with Crippen molar-refractivity contribution in [1.29, 1.82) is 0 Å². The van der Waals surface area contributed by atoms with Crippen LogP contribution in [-0.2, 0) is 0 Å². The number of hydrogen-bond acceptors (Lipinski definition) is 3. The minimum atomic E-state index is -0.373. The Morgan fingerprint density at radius 2 is 2.05 bits per heavy atom. The van der Waals surface area contributed by atoms with Crippen LogP contribution in [0.1, 0.15) is 13.3 Å². The molecule has 2 aromatic carbocycles. The van der Waals surface area contributed by atoms with Crippen LogP contribution in [0.25, 0.3) is 0 Å². The highest BCUT2D eigenvalue weighted by Gasteiger charge is 2.06. The summed E-state index contributed by atoms with van der Waals surface area (Å²) >= 11 is 5.86. The lowest BCUT2D eigenvalue weighted by molar-refractivity contribution is 0.319. The van der Waals surface area contributed by atoms with Gasteiger partial charge in [-0.15, -0.1) is 0 Å². The average molecular weight is 295 g/mol. The lowest BCUT2D eigenvalue weighted by Crippen LogP contribution is -2.00. The van der Waals surface area contributed by atoms with E-state index in [2.05, 4.69) is 5.32 Å². The maximum Gasteiger partial charge on any atom is 0.146 e. The van der Waals surface area contributed by atoms with E-state index in [1.807, 2.05) is 6.92 Å². The second kappa shape index (κ2) is 6.48. The Labute approximate surface area is 122 Å². The van der Waals surface area contributed by atoms with Crippen molar-refractivity contribution in [2.45, 2.75) is 13.3 Å². The summed E-state index contributed by atoms with van der Waals surface area (Å²) < 4.78 is 19.2. The maximum atomic E-state index is 13.7. The van der Waals surface area contributed by atoms with Gasteiger partial charge in [-0.2, -0.15) is 0 Å². The van der Waals surface area contributed by atoms with E-state index in [1.165, 1.54) is 18.2 Å². The highest BCUT2D eigenvalue weighted by Crippen LogP contribution is 2.29. The van der Waals surface area contributed by atoms with Crippen molar-refractivity contribution in [3.05, 3.63) is 47.2 Å². The molecule has 0 spiro atoms. The van der Waals surface area contributed by atoms with Crippen molar-refractivity contribution in [1.82, 2.24) is 0 Å². The number of halogens is 2. The van der Waals surface area contributed by atoms with Gasteiger partial charge < -0.3 is 15.8 Å². The fraction of sp³-hybridized carbons (Fsp3) is 0.200. The van der Waals surface area contributed by atoms with E-state index in [0.717, 1.165) is 6.42 Å². The van der Waals surface area contributed by atoms with Crippen LogP contribution in [0.4, 0.5) is 21.5 Å². The average Bonchev–Trinajstić information content (AvgIpc) is 2.43. The Balaban J connectivity index is 2.22. The Kier molecular flexibility index (Phi) is 4.69. The molecule has 2 rings (SSSR count). The summed E-state index contributed by atoms with van der Waals surface area (Å²) in [5.41, 5.74) is 7.38. The van der Waals surface area contributed by atoms with E-state index in [0.29, 0.717) is 34.4 Å².